The number of nitrogens with zero attached hydrogens (tertiary/aromatic N) is 1. The third-order valence-electron chi connectivity index (χ3n) is 4.42. The van der Waals surface area contributed by atoms with Crippen LogP contribution in [0.25, 0.3) is 0 Å². The van der Waals surface area contributed by atoms with Gasteiger partial charge in [0.1, 0.15) is 0 Å². The minimum atomic E-state index is -0.871. The van der Waals surface area contributed by atoms with Crippen LogP contribution in [0.3, 0.4) is 0 Å². The fourth-order valence-electron chi connectivity index (χ4n) is 3.17. The van der Waals surface area contributed by atoms with Gasteiger partial charge >= 0.3 is 6.03 Å². The molecule has 22 heavy (non-hydrogen) atoms. The van der Waals surface area contributed by atoms with Gasteiger partial charge in [-0.25, -0.2) is 4.79 Å². The van der Waals surface area contributed by atoms with Gasteiger partial charge < -0.3 is 15.3 Å². The molecule has 0 unspecified atom stereocenters. The van der Waals surface area contributed by atoms with Gasteiger partial charge in [0.15, 0.2) is 0 Å². The Morgan fingerprint density at radius 1 is 1.32 bits per heavy atom. The largest absolute Gasteiger partial charge is 0.389 e. The van der Waals surface area contributed by atoms with Crippen molar-refractivity contribution in [3.8, 4) is 0 Å². The van der Waals surface area contributed by atoms with Crippen molar-refractivity contribution in [3.63, 3.8) is 0 Å². The molecule has 122 valence electrons. The topological polar surface area (TPSA) is 52.6 Å². The summed E-state index contributed by atoms with van der Waals surface area (Å²) in [5, 5.41) is 12.8. The van der Waals surface area contributed by atoms with E-state index in [1.54, 1.807) is 25.8 Å². The molecule has 1 saturated carbocycles. The molecule has 2 rings (SSSR count). The van der Waals surface area contributed by atoms with E-state index in [1.165, 1.54) is 12.0 Å². The van der Waals surface area contributed by atoms with Crippen LogP contribution in [-0.4, -0.2) is 41.8 Å². The van der Waals surface area contributed by atoms with E-state index in [1.807, 2.05) is 6.07 Å². The van der Waals surface area contributed by atoms with Crippen molar-refractivity contribution in [2.75, 3.05) is 20.1 Å². The van der Waals surface area contributed by atoms with Crippen LogP contribution in [0.15, 0.2) is 30.3 Å². The van der Waals surface area contributed by atoms with Crippen LogP contribution in [-0.2, 0) is 6.42 Å². The molecular weight excluding hydrogens is 276 g/mol. The van der Waals surface area contributed by atoms with Crippen LogP contribution >= 0.6 is 0 Å². The second kappa shape index (κ2) is 6.69. The number of urea groups is 1. The highest BCUT2D eigenvalue weighted by atomic mass is 16.3. The molecule has 0 heterocycles. The second-order valence-electron chi connectivity index (χ2n) is 7.34. The Morgan fingerprint density at radius 2 is 1.95 bits per heavy atom. The molecule has 0 bridgehead atoms. The number of rotatable bonds is 6. The SMILES string of the molecule is CN(CC(C)(C)O)C(=O)NCC1(Cc2ccccc2)CCC1. The maximum Gasteiger partial charge on any atom is 0.317 e. The fraction of sp³-hybridized carbons (Fsp3) is 0.611. The first kappa shape index (κ1) is 16.8. The van der Waals surface area contributed by atoms with E-state index in [2.05, 4.69) is 29.6 Å². The van der Waals surface area contributed by atoms with E-state index in [0.717, 1.165) is 19.3 Å². The molecule has 1 aliphatic carbocycles. The summed E-state index contributed by atoms with van der Waals surface area (Å²) in [4.78, 5) is 13.7. The van der Waals surface area contributed by atoms with Crippen molar-refractivity contribution < 1.29 is 9.90 Å². The Labute approximate surface area is 133 Å². The van der Waals surface area contributed by atoms with Gasteiger partial charge in [0.05, 0.1) is 12.1 Å². The third-order valence-corrected chi connectivity index (χ3v) is 4.42. The van der Waals surface area contributed by atoms with Crippen LogP contribution in [0.1, 0.15) is 38.7 Å². The molecule has 0 spiro atoms. The van der Waals surface area contributed by atoms with Crippen LogP contribution in [0, 0.1) is 5.41 Å². The number of likely N-dealkylation sites (N-methyl/N-ethyl adjacent to an activating group) is 1. The maximum atomic E-state index is 12.2. The van der Waals surface area contributed by atoms with Gasteiger partial charge in [0.25, 0.3) is 0 Å². The van der Waals surface area contributed by atoms with Gasteiger partial charge in [-0.2, -0.15) is 0 Å². The molecule has 0 aliphatic heterocycles. The summed E-state index contributed by atoms with van der Waals surface area (Å²) in [6, 6.07) is 10.4. The fourth-order valence-corrected chi connectivity index (χ4v) is 3.17. The van der Waals surface area contributed by atoms with Crippen LogP contribution < -0.4 is 5.32 Å². The first-order valence-electron chi connectivity index (χ1n) is 8.05. The van der Waals surface area contributed by atoms with Crippen molar-refractivity contribution in [3.05, 3.63) is 35.9 Å². The number of carbonyl (C=O) groups is 1. The van der Waals surface area contributed by atoms with E-state index in [4.69, 9.17) is 0 Å². The summed E-state index contributed by atoms with van der Waals surface area (Å²) in [6.07, 6.45) is 4.58. The standard InChI is InChI=1S/C18H28N2O2/c1-17(2,22)14-20(3)16(21)19-13-18(10-7-11-18)12-15-8-5-4-6-9-15/h4-6,8-9,22H,7,10-14H2,1-3H3,(H,19,21). The quantitative estimate of drug-likeness (QED) is 0.849. The number of nitrogens with one attached hydrogen (secondary N) is 1. The first-order valence-corrected chi connectivity index (χ1v) is 8.05. The molecule has 0 aromatic heterocycles. The van der Waals surface area contributed by atoms with Crippen molar-refractivity contribution in [2.24, 2.45) is 5.41 Å². The zero-order chi connectivity index (χ0) is 16.2. The Morgan fingerprint density at radius 3 is 2.45 bits per heavy atom. The molecule has 0 atom stereocenters. The molecule has 2 N–H and O–H groups in total. The number of aliphatic hydroxyl groups is 1. The lowest BCUT2D eigenvalue weighted by atomic mass is 9.65. The molecular formula is C18H28N2O2. The Kier molecular flexibility index (Phi) is 5.12. The number of hydrogen-bond donors (Lipinski definition) is 2. The summed E-state index contributed by atoms with van der Waals surface area (Å²) < 4.78 is 0. The monoisotopic (exact) mass is 304 g/mol. The highest BCUT2D eigenvalue weighted by molar-refractivity contribution is 5.74. The summed E-state index contributed by atoms with van der Waals surface area (Å²) in [7, 11) is 1.72. The van der Waals surface area contributed by atoms with Gasteiger partial charge in [0.2, 0.25) is 0 Å². The Balaban J connectivity index is 1.87. The Hall–Kier alpha value is -1.55. The predicted octanol–water partition coefficient (Wildman–Crippen LogP) is 2.81. The minimum Gasteiger partial charge on any atom is -0.389 e. The van der Waals surface area contributed by atoms with Gasteiger partial charge in [-0.1, -0.05) is 36.8 Å². The van der Waals surface area contributed by atoms with Crippen molar-refractivity contribution in [1.29, 1.82) is 0 Å². The van der Waals surface area contributed by atoms with E-state index in [0.29, 0.717) is 13.1 Å². The molecule has 1 aliphatic rings. The highest BCUT2D eigenvalue weighted by Gasteiger charge is 2.37. The molecule has 4 heteroatoms. The van der Waals surface area contributed by atoms with Crippen molar-refractivity contribution in [1.82, 2.24) is 10.2 Å². The van der Waals surface area contributed by atoms with Gasteiger partial charge in [-0.15, -0.1) is 0 Å². The van der Waals surface area contributed by atoms with E-state index < -0.39 is 5.60 Å². The lowest BCUT2D eigenvalue weighted by Gasteiger charge is -2.42. The van der Waals surface area contributed by atoms with Gasteiger partial charge in [0, 0.05) is 13.6 Å². The zero-order valence-corrected chi connectivity index (χ0v) is 13.9. The van der Waals surface area contributed by atoms with Crippen molar-refractivity contribution in [2.45, 2.75) is 45.1 Å². The summed E-state index contributed by atoms with van der Waals surface area (Å²) in [5.74, 6) is 0. The molecule has 1 aromatic rings. The van der Waals surface area contributed by atoms with Crippen LogP contribution in [0.2, 0.25) is 0 Å². The van der Waals surface area contributed by atoms with Crippen LogP contribution in [0.4, 0.5) is 4.79 Å². The van der Waals surface area contributed by atoms with E-state index in [9.17, 15) is 9.90 Å². The van der Waals surface area contributed by atoms with Crippen LogP contribution in [0.5, 0.6) is 0 Å². The average Bonchev–Trinajstić information content (AvgIpc) is 2.40. The summed E-state index contributed by atoms with van der Waals surface area (Å²) in [5.41, 5.74) is 0.665. The van der Waals surface area contributed by atoms with E-state index in [-0.39, 0.29) is 11.4 Å². The molecule has 0 saturated heterocycles. The van der Waals surface area contributed by atoms with Crippen molar-refractivity contribution >= 4 is 6.03 Å². The molecule has 0 radical (unpaired) electrons. The Bertz CT molecular complexity index is 490. The molecule has 1 aromatic carbocycles. The maximum absolute atomic E-state index is 12.2. The smallest absolute Gasteiger partial charge is 0.317 e. The lowest BCUT2D eigenvalue weighted by molar-refractivity contribution is 0.0517. The lowest BCUT2D eigenvalue weighted by Crippen LogP contribution is -2.49. The number of hydrogen-bond acceptors (Lipinski definition) is 2. The van der Waals surface area contributed by atoms with Gasteiger partial charge in [-0.05, 0) is 44.1 Å². The molecule has 1 fully saturated rings. The zero-order valence-electron chi connectivity index (χ0n) is 13.9. The normalized spacial score (nSPS) is 16.7. The molecule has 4 nitrogen and oxygen atoms in total. The van der Waals surface area contributed by atoms with Gasteiger partial charge in [-0.3, -0.25) is 0 Å². The third kappa shape index (κ3) is 4.73. The number of benzene rings is 1. The predicted molar refractivity (Wildman–Crippen MR) is 88.8 cm³/mol. The highest BCUT2D eigenvalue weighted by Crippen LogP contribution is 2.43. The molecule has 2 amide bonds. The van der Waals surface area contributed by atoms with E-state index >= 15 is 0 Å². The number of carbonyl (C=O) groups excluding carboxylic acids is 1. The summed E-state index contributed by atoms with van der Waals surface area (Å²) >= 11 is 0. The average molecular weight is 304 g/mol. The second-order valence-corrected chi connectivity index (χ2v) is 7.34. The minimum absolute atomic E-state index is 0.110. The summed E-state index contributed by atoms with van der Waals surface area (Å²) in [6.45, 7) is 4.45. The number of amides is 2. The first-order chi connectivity index (χ1) is 10.3.